The highest BCUT2D eigenvalue weighted by Gasteiger charge is 2.24. The number of hydrogen-bond acceptors (Lipinski definition) is 4. The van der Waals surface area contributed by atoms with Gasteiger partial charge < -0.3 is 15.2 Å². The monoisotopic (exact) mass is 264 g/mol. The lowest BCUT2D eigenvalue weighted by atomic mass is 9.95. The molecule has 1 aromatic heterocycles. The Labute approximate surface area is 115 Å². The molecule has 1 aliphatic rings. The molecule has 4 heteroatoms. The van der Waals surface area contributed by atoms with Gasteiger partial charge in [0.2, 0.25) is 0 Å². The van der Waals surface area contributed by atoms with Crippen LogP contribution in [-0.4, -0.2) is 28.3 Å². The first-order valence-corrected chi connectivity index (χ1v) is 7.18. The summed E-state index contributed by atoms with van der Waals surface area (Å²) in [5.74, 6) is 0.749. The topological polar surface area (TPSA) is 54.4 Å². The van der Waals surface area contributed by atoms with E-state index in [4.69, 9.17) is 4.74 Å². The lowest BCUT2D eigenvalue weighted by molar-refractivity contribution is 0.00668. The minimum Gasteiger partial charge on any atom is -0.486 e. The summed E-state index contributed by atoms with van der Waals surface area (Å²) in [6, 6.07) is 4.36. The van der Waals surface area contributed by atoms with Gasteiger partial charge in [-0.2, -0.15) is 0 Å². The Morgan fingerprint density at radius 2 is 2.16 bits per heavy atom. The van der Waals surface area contributed by atoms with Crippen LogP contribution in [0.5, 0.6) is 5.75 Å². The summed E-state index contributed by atoms with van der Waals surface area (Å²) >= 11 is 0. The molecule has 1 aliphatic carbocycles. The van der Waals surface area contributed by atoms with Crippen LogP contribution < -0.4 is 10.1 Å². The highest BCUT2D eigenvalue weighted by atomic mass is 16.5. The fourth-order valence-corrected chi connectivity index (χ4v) is 2.28. The summed E-state index contributed by atoms with van der Waals surface area (Å²) in [6.45, 7) is 4.99. The zero-order chi connectivity index (χ0) is 13.7. The summed E-state index contributed by atoms with van der Waals surface area (Å²) in [5, 5.41) is 13.2. The first-order chi connectivity index (χ1) is 9.15. The third-order valence-electron chi connectivity index (χ3n) is 3.44. The van der Waals surface area contributed by atoms with Gasteiger partial charge in [-0.25, -0.2) is 0 Å². The van der Waals surface area contributed by atoms with Gasteiger partial charge >= 0.3 is 0 Å². The fourth-order valence-electron chi connectivity index (χ4n) is 2.28. The molecule has 0 spiro atoms. The Morgan fingerprint density at radius 3 is 2.79 bits per heavy atom. The Hall–Kier alpha value is -1.13. The normalized spacial score (nSPS) is 23.6. The lowest BCUT2D eigenvalue weighted by Gasteiger charge is -2.28. The molecule has 1 aromatic rings. The standard InChI is InChI=1S/C15H24N2O2/c1-11(2)16-9-12-7-8-13(10-17-12)19-15-6-4-3-5-14(15)18/h7-8,10-11,14-16,18H,3-6,9H2,1-2H3. The predicted octanol–water partition coefficient (Wildman–Crippen LogP) is 2.26. The first kappa shape index (κ1) is 14.3. The molecule has 19 heavy (non-hydrogen) atoms. The van der Waals surface area contributed by atoms with E-state index in [0.29, 0.717) is 6.04 Å². The second-order valence-corrected chi connectivity index (χ2v) is 5.53. The van der Waals surface area contributed by atoms with Gasteiger partial charge in [0.25, 0.3) is 0 Å². The van der Waals surface area contributed by atoms with Crippen LogP contribution in [0.2, 0.25) is 0 Å². The van der Waals surface area contributed by atoms with E-state index in [1.165, 1.54) is 0 Å². The first-order valence-electron chi connectivity index (χ1n) is 7.18. The van der Waals surface area contributed by atoms with E-state index >= 15 is 0 Å². The van der Waals surface area contributed by atoms with E-state index < -0.39 is 0 Å². The molecule has 106 valence electrons. The number of aliphatic hydroxyl groups excluding tert-OH is 1. The van der Waals surface area contributed by atoms with Gasteiger partial charge in [-0.15, -0.1) is 0 Å². The molecule has 2 unspecified atom stereocenters. The van der Waals surface area contributed by atoms with E-state index in [2.05, 4.69) is 24.1 Å². The highest BCUT2D eigenvalue weighted by Crippen LogP contribution is 2.23. The summed E-state index contributed by atoms with van der Waals surface area (Å²) in [4.78, 5) is 4.37. The van der Waals surface area contributed by atoms with E-state index in [0.717, 1.165) is 43.7 Å². The molecule has 1 saturated carbocycles. The van der Waals surface area contributed by atoms with Crippen LogP contribution in [0.15, 0.2) is 18.3 Å². The number of nitrogens with zero attached hydrogens (tertiary/aromatic N) is 1. The summed E-state index contributed by atoms with van der Waals surface area (Å²) in [7, 11) is 0. The largest absolute Gasteiger partial charge is 0.486 e. The maximum Gasteiger partial charge on any atom is 0.138 e. The van der Waals surface area contributed by atoms with E-state index in [9.17, 15) is 5.11 Å². The highest BCUT2D eigenvalue weighted by molar-refractivity contribution is 5.20. The quantitative estimate of drug-likeness (QED) is 0.856. The van der Waals surface area contributed by atoms with Gasteiger partial charge in [0.05, 0.1) is 18.0 Å². The Balaban J connectivity index is 1.87. The number of rotatable bonds is 5. The maximum absolute atomic E-state index is 9.87. The zero-order valence-corrected chi connectivity index (χ0v) is 11.8. The van der Waals surface area contributed by atoms with E-state index in [1.54, 1.807) is 6.20 Å². The summed E-state index contributed by atoms with van der Waals surface area (Å²) in [6.07, 6.45) is 5.33. The predicted molar refractivity (Wildman–Crippen MR) is 75.1 cm³/mol. The number of pyridine rings is 1. The molecule has 2 atom stereocenters. The van der Waals surface area contributed by atoms with Crippen molar-refractivity contribution in [2.45, 2.75) is 64.3 Å². The van der Waals surface area contributed by atoms with Crippen molar-refractivity contribution in [1.82, 2.24) is 10.3 Å². The van der Waals surface area contributed by atoms with Gasteiger partial charge in [0, 0.05) is 12.6 Å². The van der Waals surface area contributed by atoms with Crippen LogP contribution in [0.1, 0.15) is 45.2 Å². The molecular formula is C15H24N2O2. The van der Waals surface area contributed by atoms with Crippen molar-refractivity contribution in [3.05, 3.63) is 24.0 Å². The average molecular weight is 264 g/mol. The van der Waals surface area contributed by atoms with Gasteiger partial charge in [-0.3, -0.25) is 4.98 Å². The average Bonchev–Trinajstić information content (AvgIpc) is 2.40. The maximum atomic E-state index is 9.87. The van der Waals surface area contributed by atoms with Gasteiger partial charge in [0.1, 0.15) is 11.9 Å². The van der Waals surface area contributed by atoms with Gasteiger partial charge in [-0.1, -0.05) is 20.3 Å². The van der Waals surface area contributed by atoms with E-state index in [1.807, 2.05) is 12.1 Å². The second-order valence-electron chi connectivity index (χ2n) is 5.53. The van der Waals surface area contributed by atoms with E-state index in [-0.39, 0.29) is 12.2 Å². The van der Waals surface area contributed by atoms with Crippen LogP contribution in [0, 0.1) is 0 Å². The van der Waals surface area contributed by atoms with Crippen LogP contribution in [0.4, 0.5) is 0 Å². The van der Waals surface area contributed by atoms with Crippen molar-refractivity contribution < 1.29 is 9.84 Å². The Kier molecular flexibility index (Phi) is 5.16. The molecule has 0 saturated heterocycles. The molecule has 0 aliphatic heterocycles. The molecule has 2 N–H and O–H groups in total. The molecular weight excluding hydrogens is 240 g/mol. The number of hydrogen-bond donors (Lipinski definition) is 2. The van der Waals surface area contributed by atoms with Crippen molar-refractivity contribution >= 4 is 0 Å². The van der Waals surface area contributed by atoms with Crippen molar-refractivity contribution in [1.29, 1.82) is 0 Å². The number of nitrogens with one attached hydrogen (secondary N) is 1. The smallest absolute Gasteiger partial charge is 0.138 e. The molecule has 0 aromatic carbocycles. The van der Waals surface area contributed by atoms with Crippen molar-refractivity contribution in [3.8, 4) is 5.75 Å². The number of ether oxygens (including phenoxy) is 1. The molecule has 4 nitrogen and oxygen atoms in total. The number of aromatic nitrogens is 1. The van der Waals surface area contributed by atoms with Crippen LogP contribution in [0.25, 0.3) is 0 Å². The third-order valence-corrected chi connectivity index (χ3v) is 3.44. The zero-order valence-electron chi connectivity index (χ0n) is 11.8. The third kappa shape index (κ3) is 4.48. The molecule has 0 radical (unpaired) electrons. The summed E-state index contributed by atoms with van der Waals surface area (Å²) in [5.41, 5.74) is 1.00. The van der Waals surface area contributed by atoms with Crippen LogP contribution in [-0.2, 0) is 6.54 Å². The second kappa shape index (κ2) is 6.87. The minimum absolute atomic E-state index is 0.0739. The Bertz CT molecular complexity index is 378. The lowest BCUT2D eigenvalue weighted by Crippen LogP contribution is -2.34. The fraction of sp³-hybridized carbons (Fsp3) is 0.667. The van der Waals surface area contributed by atoms with Crippen molar-refractivity contribution in [2.75, 3.05) is 0 Å². The molecule has 1 heterocycles. The SMILES string of the molecule is CC(C)NCc1ccc(OC2CCCCC2O)cn1. The molecule has 2 rings (SSSR count). The van der Waals surface area contributed by atoms with Crippen molar-refractivity contribution in [3.63, 3.8) is 0 Å². The summed E-state index contributed by atoms with van der Waals surface area (Å²) < 4.78 is 5.82. The molecule has 0 amide bonds. The van der Waals surface area contributed by atoms with Crippen molar-refractivity contribution in [2.24, 2.45) is 0 Å². The minimum atomic E-state index is -0.337. The Morgan fingerprint density at radius 1 is 1.37 bits per heavy atom. The van der Waals surface area contributed by atoms with Gasteiger partial charge in [-0.05, 0) is 31.4 Å². The van der Waals surface area contributed by atoms with Gasteiger partial charge in [0.15, 0.2) is 0 Å². The van der Waals surface area contributed by atoms with Crippen LogP contribution >= 0.6 is 0 Å². The molecule has 0 bridgehead atoms. The van der Waals surface area contributed by atoms with Crippen LogP contribution in [0.3, 0.4) is 0 Å². The number of aliphatic hydroxyl groups is 1. The molecule has 1 fully saturated rings.